The molecule has 158 valence electrons. The molecule has 3 rings (SSSR count). The summed E-state index contributed by atoms with van der Waals surface area (Å²) in [6.45, 7) is 6.60. The molecule has 2 heterocycles. The van der Waals surface area contributed by atoms with Crippen molar-refractivity contribution < 1.29 is 9.53 Å². The van der Waals surface area contributed by atoms with Gasteiger partial charge in [0.1, 0.15) is 17.4 Å². The molecule has 0 spiro atoms. The van der Waals surface area contributed by atoms with E-state index < -0.39 is 0 Å². The molecule has 0 radical (unpaired) electrons. The number of aryl methyl sites for hydroxylation is 3. The van der Waals surface area contributed by atoms with Gasteiger partial charge in [0.15, 0.2) is 5.82 Å². The van der Waals surface area contributed by atoms with E-state index in [2.05, 4.69) is 31.0 Å². The van der Waals surface area contributed by atoms with Crippen LogP contribution in [0.3, 0.4) is 0 Å². The second-order valence-electron chi connectivity index (χ2n) is 6.65. The number of carbonyl (C=O) groups excluding carboxylic acids is 1. The summed E-state index contributed by atoms with van der Waals surface area (Å²) in [4.78, 5) is 21.0. The minimum Gasteiger partial charge on any atom is -0.495 e. The van der Waals surface area contributed by atoms with Crippen LogP contribution in [0.25, 0.3) is 5.82 Å². The summed E-state index contributed by atoms with van der Waals surface area (Å²) in [7, 11) is 1.53. The van der Waals surface area contributed by atoms with E-state index in [0.29, 0.717) is 47.0 Å². The van der Waals surface area contributed by atoms with Gasteiger partial charge in [-0.3, -0.25) is 0 Å². The Morgan fingerprint density at radius 1 is 1.13 bits per heavy atom. The number of aromatic nitrogens is 4. The normalized spacial score (nSPS) is 10.6. The van der Waals surface area contributed by atoms with Gasteiger partial charge in [-0.05, 0) is 45.0 Å². The molecular weight excluding hydrogens is 406 g/mol. The molecule has 0 bridgehead atoms. The highest BCUT2D eigenvalue weighted by atomic mass is 35.5. The van der Waals surface area contributed by atoms with Crippen molar-refractivity contribution in [2.75, 3.05) is 30.8 Å². The maximum Gasteiger partial charge on any atom is 0.319 e. The first kappa shape index (κ1) is 21.4. The number of amides is 2. The number of halogens is 1. The van der Waals surface area contributed by atoms with Gasteiger partial charge in [-0.25, -0.2) is 19.4 Å². The van der Waals surface area contributed by atoms with E-state index in [9.17, 15) is 4.79 Å². The molecule has 0 aliphatic heterocycles. The third-order valence-corrected chi connectivity index (χ3v) is 4.41. The lowest BCUT2D eigenvalue weighted by Gasteiger charge is -2.12. The van der Waals surface area contributed by atoms with Crippen molar-refractivity contribution >= 4 is 29.1 Å². The lowest BCUT2D eigenvalue weighted by molar-refractivity contribution is 0.252. The molecule has 0 aliphatic rings. The highest BCUT2D eigenvalue weighted by Gasteiger charge is 2.10. The summed E-state index contributed by atoms with van der Waals surface area (Å²) in [5.41, 5.74) is 2.41. The van der Waals surface area contributed by atoms with Gasteiger partial charge in [-0.2, -0.15) is 5.10 Å². The van der Waals surface area contributed by atoms with Crippen LogP contribution in [0, 0.1) is 20.8 Å². The van der Waals surface area contributed by atoms with E-state index in [1.807, 2.05) is 32.9 Å². The van der Waals surface area contributed by atoms with Crippen molar-refractivity contribution in [1.29, 1.82) is 0 Å². The summed E-state index contributed by atoms with van der Waals surface area (Å²) in [5.74, 6) is 2.50. The molecule has 0 atom stereocenters. The van der Waals surface area contributed by atoms with Crippen LogP contribution >= 0.6 is 11.6 Å². The van der Waals surface area contributed by atoms with Crippen LogP contribution in [0.5, 0.6) is 5.75 Å². The molecule has 3 aromatic rings. The van der Waals surface area contributed by atoms with Gasteiger partial charge in [-0.15, -0.1) is 0 Å². The van der Waals surface area contributed by atoms with Gasteiger partial charge in [0.2, 0.25) is 0 Å². The maximum atomic E-state index is 12.2. The second kappa shape index (κ2) is 9.45. The van der Waals surface area contributed by atoms with Crippen LogP contribution < -0.4 is 20.7 Å². The molecule has 9 nitrogen and oxygen atoms in total. The molecule has 0 saturated carbocycles. The van der Waals surface area contributed by atoms with E-state index >= 15 is 0 Å². The summed E-state index contributed by atoms with van der Waals surface area (Å²) in [5, 5.41) is 13.7. The predicted octanol–water partition coefficient (Wildman–Crippen LogP) is 3.48. The quantitative estimate of drug-likeness (QED) is 0.496. The van der Waals surface area contributed by atoms with Crippen molar-refractivity contribution in [2.45, 2.75) is 20.8 Å². The van der Waals surface area contributed by atoms with Crippen LogP contribution in [-0.4, -0.2) is 46.0 Å². The third kappa shape index (κ3) is 5.38. The number of urea groups is 1. The highest BCUT2D eigenvalue weighted by Crippen LogP contribution is 2.27. The molecule has 0 saturated heterocycles. The Kier molecular flexibility index (Phi) is 6.73. The summed E-state index contributed by atoms with van der Waals surface area (Å²) >= 11 is 5.98. The fourth-order valence-corrected chi connectivity index (χ4v) is 3.09. The maximum absolute atomic E-state index is 12.2. The van der Waals surface area contributed by atoms with Gasteiger partial charge in [0.25, 0.3) is 0 Å². The average Bonchev–Trinajstić information content (AvgIpc) is 3.03. The van der Waals surface area contributed by atoms with Crippen molar-refractivity contribution in [3.8, 4) is 11.6 Å². The zero-order valence-electron chi connectivity index (χ0n) is 17.3. The summed E-state index contributed by atoms with van der Waals surface area (Å²) in [6.07, 6.45) is 0. The van der Waals surface area contributed by atoms with Crippen molar-refractivity contribution in [3.63, 3.8) is 0 Å². The lowest BCUT2D eigenvalue weighted by atomic mass is 10.3. The average molecular weight is 430 g/mol. The fraction of sp³-hybridized carbons (Fsp3) is 0.300. The Hall–Kier alpha value is -3.33. The van der Waals surface area contributed by atoms with Crippen molar-refractivity contribution in [2.24, 2.45) is 0 Å². The van der Waals surface area contributed by atoms with Gasteiger partial charge in [-0.1, -0.05) is 11.6 Å². The number of benzene rings is 1. The van der Waals surface area contributed by atoms with E-state index in [0.717, 1.165) is 11.4 Å². The van der Waals surface area contributed by atoms with E-state index in [-0.39, 0.29) is 6.03 Å². The lowest BCUT2D eigenvalue weighted by Crippen LogP contribution is -2.32. The topological polar surface area (TPSA) is 106 Å². The molecule has 0 unspecified atom stereocenters. The number of ether oxygens (including phenoxy) is 1. The molecule has 10 heteroatoms. The van der Waals surface area contributed by atoms with Crippen LogP contribution in [0.15, 0.2) is 30.3 Å². The number of carbonyl (C=O) groups is 1. The smallest absolute Gasteiger partial charge is 0.319 e. The number of nitrogens with one attached hydrogen (secondary N) is 3. The summed E-state index contributed by atoms with van der Waals surface area (Å²) < 4.78 is 7.00. The predicted molar refractivity (Wildman–Crippen MR) is 117 cm³/mol. The highest BCUT2D eigenvalue weighted by molar-refractivity contribution is 6.31. The molecule has 2 amide bonds. The molecule has 3 N–H and O–H groups in total. The SMILES string of the molecule is COc1ccc(Cl)cc1NC(=O)NCCNc1cc(-n2nc(C)cc2C)nc(C)n1. The van der Waals surface area contributed by atoms with Crippen molar-refractivity contribution in [3.05, 3.63) is 52.6 Å². The Bertz CT molecular complexity index is 1050. The Morgan fingerprint density at radius 3 is 2.63 bits per heavy atom. The third-order valence-electron chi connectivity index (χ3n) is 4.18. The molecule has 30 heavy (non-hydrogen) atoms. The first-order chi connectivity index (χ1) is 14.4. The minimum atomic E-state index is -0.362. The molecule has 0 aliphatic carbocycles. The molecule has 2 aromatic heterocycles. The summed E-state index contributed by atoms with van der Waals surface area (Å²) in [6, 6.07) is 8.46. The second-order valence-corrected chi connectivity index (χ2v) is 7.09. The Morgan fingerprint density at radius 2 is 1.93 bits per heavy atom. The fourth-order valence-electron chi connectivity index (χ4n) is 2.92. The van der Waals surface area contributed by atoms with E-state index in [1.165, 1.54) is 7.11 Å². The van der Waals surface area contributed by atoms with E-state index in [1.54, 1.807) is 22.9 Å². The standard InChI is InChI=1S/C20H24ClN7O2/c1-12-9-13(2)28(27-12)19-11-18(24-14(3)25-19)22-7-8-23-20(29)26-16-10-15(21)5-6-17(16)30-4/h5-6,9-11H,7-8H2,1-4H3,(H,22,24,25)(H2,23,26,29). The van der Waals surface area contributed by atoms with Crippen LogP contribution in [-0.2, 0) is 0 Å². The molecule has 0 fully saturated rings. The first-order valence-electron chi connectivity index (χ1n) is 9.37. The molecule has 1 aromatic carbocycles. The van der Waals surface area contributed by atoms with Crippen LogP contribution in [0.1, 0.15) is 17.2 Å². The number of methoxy groups -OCH3 is 1. The van der Waals surface area contributed by atoms with Crippen molar-refractivity contribution in [1.82, 2.24) is 25.1 Å². The zero-order chi connectivity index (χ0) is 21.7. The van der Waals surface area contributed by atoms with Crippen LogP contribution in [0.2, 0.25) is 5.02 Å². The Balaban J connectivity index is 1.55. The number of hydrogen-bond donors (Lipinski definition) is 3. The largest absolute Gasteiger partial charge is 0.495 e. The van der Waals surface area contributed by atoms with Gasteiger partial charge < -0.3 is 20.7 Å². The van der Waals surface area contributed by atoms with Gasteiger partial charge in [0, 0.05) is 29.9 Å². The number of rotatable bonds is 7. The van der Waals surface area contributed by atoms with E-state index in [4.69, 9.17) is 16.3 Å². The number of hydrogen-bond acceptors (Lipinski definition) is 6. The molecular formula is C20H24ClN7O2. The number of anilines is 2. The number of nitrogens with zero attached hydrogens (tertiary/aromatic N) is 4. The van der Waals surface area contributed by atoms with Gasteiger partial charge >= 0.3 is 6.03 Å². The Labute approximate surface area is 179 Å². The van der Waals surface area contributed by atoms with Gasteiger partial charge in [0.05, 0.1) is 18.5 Å². The monoisotopic (exact) mass is 429 g/mol. The minimum absolute atomic E-state index is 0.362. The van der Waals surface area contributed by atoms with Crippen LogP contribution in [0.4, 0.5) is 16.3 Å². The first-order valence-corrected chi connectivity index (χ1v) is 9.75. The zero-order valence-corrected chi connectivity index (χ0v) is 18.0.